The first-order valence-electron chi connectivity index (χ1n) is 7.96. The second kappa shape index (κ2) is 6.96. The maximum absolute atomic E-state index is 12.2. The molecule has 0 spiro atoms. The van der Waals surface area contributed by atoms with Crippen molar-refractivity contribution < 1.29 is 18.7 Å². The van der Waals surface area contributed by atoms with Crippen molar-refractivity contribution in [1.29, 1.82) is 0 Å². The van der Waals surface area contributed by atoms with Crippen molar-refractivity contribution >= 4 is 11.8 Å². The highest BCUT2D eigenvalue weighted by atomic mass is 16.5. The molecule has 1 aromatic heterocycles. The third-order valence-corrected chi connectivity index (χ3v) is 4.41. The molecule has 0 unspecified atom stereocenters. The summed E-state index contributed by atoms with van der Waals surface area (Å²) < 4.78 is 10.6. The SMILES string of the molecule is O=C(NC[C@@H]1CCCO1)C1CCN(C(=O)c2ccco2)CC1. The van der Waals surface area contributed by atoms with Gasteiger partial charge in [0.25, 0.3) is 5.91 Å². The van der Waals surface area contributed by atoms with Gasteiger partial charge >= 0.3 is 0 Å². The Balaban J connectivity index is 1.42. The summed E-state index contributed by atoms with van der Waals surface area (Å²) >= 11 is 0. The van der Waals surface area contributed by atoms with Crippen LogP contribution in [0.2, 0.25) is 0 Å². The van der Waals surface area contributed by atoms with E-state index in [9.17, 15) is 9.59 Å². The van der Waals surface area contributed by atoms with Crippen LogP contribution in [0.3, 0.4) is 0 Å². The monoisotopic (exact) mass is 306 g/mol. The molecule has 0 aliphatic carbocycles. The minimum Gasteiger partial charge on any atom is -0.459 e. The van der Waals surface area contributed by atoms with Gasteiger partial charge in [0, 0.05) is 32.2 Å². The number of nitrogens with zero attached hydrogens (tertiary/aromatic N) is 1. The molecule has 120 valence electrons. The third kappa shape index (κ3) is 3.50. The van der Waals surface area contributed by atoms with Crippen LogP contribution in [0.25, 0.3) is 0 Å². The van der Waals surface area contributed by atoms with Gasteiger partial charge in [0.05, 0.1) is 12.4 Å². The molecule has 6 nitrogen and oxygen atoms in total. The largest absolute Gasteiger partial charge is 0.459 e. The highest BCUT2D eigenvalue weighted by Crippen LogP contribution is 2.20. The van der Waals surface area contributed by atoms with E-state index in [0.29, 0.717) is 38.2 Å². The summed E-state index contributed by atoms with van der Waals surface area (Å²) in [6.07, 6.45) is 5.17. The Bertz CT molecular complexity index is 500. The van der Waals surface area contributed by atoms with Gasteiger partial charge in [-0.15, -0.1) is 0 Å². The Kier molecular flexibility index (Phi) is 4.77. The average molecular weight is 306 g/mol. The van der Waals surface area contributed by atoms with E-state index >= 15 is 0 Å². The number of hydrogen-bond acceptors (Lipinski definition) is 4. The van der Waals surface area contributed by atoms with Crippen LogP contribution in [0.5, 0.6) is 0 Å². The number of ether oxygens (including phenoxy) is 1. The number of hydrogen-bond donors (Lipinski definition) is 1. The minimum atomic E-state index is -0.0942. The van der Waals surface area contributed by atoms with Crippen LogP contribution in [0.15, 0.2) is 22.8 Å². The van der Waals surface area contributed by atoms with Gasteiger partial charge < -0.3 is 19.4 Å². The van der Waals surface area contributed by atoms with Crippen LogP contribution in [0.4, 0.5) is 0 Å². The molecular formula is C16H22N2O4. The first-order valence-corrected chi connectivity index (χ1v) is 7.96. The molecule has 0 aromatic carbocycles. The normalized spacial score (nSPS) is 22.7. The van der Waals surface area contributed by atoms with Gasteiger partial charge in [0.1, 0.15) is 0 Å². The number of likely N-dealkylation sites (tertiary alicyclic amines) is 1. The molecule has 2 aliphatic rings. The Morgan fingerprint density at radius 3 is 2.73 bits per heavy atom. The van der Waals surface area contributed by atoms with Crippen molar-refractivity contribution in [2.45, 2.75) is 31.8 Å². The van der Waals surface area contributed by atoms with E-state index in [4.69, 9.17) is 9.15 Å². The highest BCUT2D eigenvalue weighted by Gasteiger charge is 2.29. The lowest BCUT2D eigenvalue weighted by Gasteiger charge is -2.31. The molecule has 22 heavy (non-hydrogen) atoms. The van der Waals surface area contributed by atoms with E-state index in [1.54, 1.807) is 17.0 Å². The van der Waals surface area contributed by atoms with Crippen molar-refractivity contribution in [2.75, 3.05) is 26.2 Å². The Hall–Kier alpha value is -1.82. The lowest BCUT2D eigenvalue weighted by Crippen LogP contribution is -2.44. The van der Waals surface area contributed by atoms with Crippen molar-refractivity contribution in [1.82, 2.24) is 10.2 Å². The summed E-state index contributed by atoms with van der Waals surface area (Å²) in [6, 6.07) is 3.38. The zero-order chi connectivity index (χ0) is 15.4. The molecule has 2 fully saturated rings. The van der Waals surface area contributed by atoms with Crippen LogP contribution in [0, 0.1) is 5.92 Å². The molecule has 2 saturated heterocycles. The summed E-state index contributed by atoms with van der Waals surface area (Å²) in [5, 5.41) is 2.98. The van der Waals surface area contributed by atoms with Crippen LogP contribution in [0.1, 0.15) is 36.2 Å². The van der Waals surface area contributed by atoms with Gasteiger partial charge in [-0.05, 0) is 37.8 Å². The molecule has 0 bridgehead atoms. The maximum atomic E-state index is 12.2. The quantitative estimate of drug-likeness (QED) is 0.913. The maximum Gasteiger partial charge on any atom is 0.289 e. The van der Waals surface area contributed by atoms with Crippen molar-refractivity contribution in [2.24, 2.45) is 5.92 Å². The molecule has 2 aliphatic heterocycles. The van der Waals surface area contributed by atoms with Crippen molar-refractivity contribution in [3.05, 3.63) is 24.2 Å². The molecule has 1 atom stereocenters. The Morgan fingerprint density at radius 1 is 1.27 bits per heavy atom. The molecule has 3 heterocycles. The van der Waals surface area contributed by atoms with E-state index in [1.807, 2.05) is 0 Å². The van der Waals surface area contributed by atoms with E-state index in [2.05, 4.69) is 5.32 Å². The van der Waals surface area contributed by atoms with Gasteiger partial charge in [-0.1, -0.05) is 0 Å². The van der Waals surface area contributed by atoms with E-state index in [0.717, 1.165) is 19.4 Å². The predicted octanol–water partition coefficient (Wildman–Crippen LogP) is 1.43. The highest BCUT2D eigenvalue weighted by molar-refractivity contribution is 5.91. The summed E-state index contributed by atoms with van der Waals surface area (Å²) in [5.41, 5.74) is 0. The number of carbonyl (C=O) groups excluding carboxylic acids is 2. The molecule has 2 amide bonds. The van der Waals surface area contributed by atoms with Crippen molar-refractivity contribution in [3.8, 4) is 0 Å². The molecule has 1 aromatic rings. The molecular weight excluding hydrogens is 284 g/mol. The summed E-state index contributed by atoms with van der Waals surface area (Å²) in [5.74, 6) is 0.340. The van der Waals surface area contributed by atoms with Crippen LogP contribution < -0.4 is 5.32 Å². The third-order valence-electron chi connectivity index (χ3n) is 4.41. The van der Waals surface area contributed by atoms with E-state index < -0.39 is 0 Å². The first kappa shape index (κ1) is 15.1. The molecule has 6 heteroatoms. The number of furan rings is 1. The Labute approximate surface area is 129 Å². The topological polar surface area (TPSA) is 71.8 Å². The van der Waals surface area contributed by atoms with Gasteiger partial charge in [0.15, 0.2) is 5.76 Å². The van der Waals surface area contributed by atoms with Crippen molar-refractivity contribution in [3.63, 3.8) is 0 Å². The predicted molar refractivity (Wildman–Crippen MR) is 79.3 cm³/mol. The number of amides is 2. The summed E-state index contributed by atoms with van der Waals surface area (Å²) in [6.45, 7) is 2.59. The number of carbonyl (C=O) groups is 2. The molecule has 3 rings (SSSR count). The van der Waals surface area contributed by atoms with Crippen LogP contribution in [-0.2, 0) is 9.53 Å². The van der Waals surface area contributed by atoms with Gasteiger partial charge in [-0.3, -0.25) is 9.59 Å². The zero-order valence-corrected chi connectivity index (χ0v) is 12.6. The van der Waals surface area contributed by atoms with Gasteiger partial charge in [-0.25, -0.2) is 0 Å². The summed E-state index contributed by atoms with van der Waals surface area (Å²) in [7, 11) is 0. The second-order valence-electron chi connectivity index (χ2n) is 5.92. The van der Waals surface area contributed by atoms with Crippen LogP contribution in [-0.4, -0.2) is 49.1 Å². The second-order valence-corrected chi connectivity index (χ2v) is 5.92. The van der Waals surface area contributed by atoms with E-state index in [1.165, 1.54) is 6.26 Å². The fraction of sp³-hybridized carbons (Fsp3) is 0.625. The fourth-order valence-corrected chi connectivity index (χ4v) is 3.06. The fourth-order valence-electron chi connectivity index (χ4n) is 3.06. The zero-order valence-electron chi connectivity index (χ0n) is 12.6. The lowest BCUT2D eigenvalue weighted by molar-refractivity contribution is -0.126. The number of rotatable bonds is 4. The number of nitrogens with one attached hydrogen (secondary N) is 1. The smallest absolute Gasteiger partial charge is 0.289 e. The number of piperidine rings is 1. The van der Waals surface area contributed by atoms with Gasteiger partial charge in [-0.2, -0.15) is 0 Å². The first-order chi connectivity index (χ1) is 10.7. The molecule has 0 saturated carbocycles. The Morgan fingerprint density at radius 2 is 2.09 bits per heavy atom. The standard InChI is InChI=1S/C16H22N2O4/c19-15(17-11-13-3-1-9-21-13)12-5-7-18(8-6-12)16(20)14-4-2-10-22-14/h2,4,10,12-13H,1,3,5-9,11H2,(H,17,19)/t13-/m0/s1. The van der Waals surface area contributed by atoms with Gasteiger partial charge in [0.2, 0.25) is 5.91 Å². The molecule has 1 N–H and O–H groups in total. The minimum absolute atomic E-state index is 0.0120. The van der Waals surface area contributed by atoms with Crippen LogP contribution >= 0.6 is 0 Å². The van der Waals surface area contributed by atoms with E-state index in [-0.39, 0.29) is 23.8 Å². The molecule has 0 radical (unpaired) electrons. The summed E-state index contributed by atoms with van der Waals surface area (Å²) in [4.78, 5) is 26.1. The average Bonchev–Trinajstić information content (AvgIpc) is 3.25. The lowest BCUT2D eigenvalue weighted by atomic mass is 9.95.